The molecule has 14 nitrogen and oxygen atoms in total. The number of hydrogen-bond acceptors (Lipinski definition) is 13. The molecular formula is C31H49NO13. The summed E-state index contributed by atoms with van der Waals surface area (Å²) in [4.78, 5) is 36.9. The van der Waals surface area contributed by atoms with E-state index in [1.54, 1.807) is 31.2 Å². The quantitative estimate of drug-likeness (QED) is 0.0653. The summed E-state index contributed by atoms with van der Waals surface area (Å²) >= 11 is 0. The lowest BCUT2D eigenvalue weighted by Crippen LogP contribution is -2.33. The number of ether oxygens (including phenoxy) is 10. The van der Waals surface area contributed by atoms with Gasteiger partial charge in [-0.2, -0.15) is 0 Å². The molecule has 0 bridgehead atoms. The molecule has 2 amide bonds. The van der Waals surface area contributed by atoms with E-state index in [1.807, 2.05) is 0 Å². The molecule has 1 aliphatic heterocycles. The molecule has 0 fully saturated rings. The van der Waals surface area contributed by atoms with Crippen LogP contribution in [0, 0.1) is 0 Å². The van der Waals surface area contributed by atoms with Gasteiger partial charge in [0.25, 0.3) is 11.8 Å². The Morgan fingerprint density at radius 3 is 1.16 bits per heavy atom. The number of hydrogen-bond donors (Lipinski definition) is 0. The fraction of sp³-hybridized carbons (Fsp3) is 0.710. The van der Waals surface area contributed by atoms with Crippen LogP contribution in [0.15, 0.2) is 24.3 Å². The van der Waals surface area contributed by atoms with Crippen molar-refractivity contribution >= 4 is 17.8 Å². The van der Waals surface area contributed by atoms with Crippen LogP contribution in [-0.2, 0) is 52.2 Å². The van der Waals surface area contributed by atoms with E-state index in [0.717, 1.165) is 0 Å². The van der Waals surface area contributed by atoms with Gasteiger partial charge in [0.15, 0.2) is 0 Å². The fourth-order valence-electron chi connectivity index (χ4n) is 3.85. The molecule has 0 radical (unpaired) electrons. The first-order valence-corrected chi connectivity index (χ1v) is 15.5. The third kappa shape index (κ3) is 18.3. The van der Waals surface area contributed by atoms with E-state index in [-0.39, 0.29) is 37.4 Å². The number of rotatable bonds is 31. The van der Waals surface area contributed by atoms with Crippen LogP contribution in [0.3, 0.4) is 0 Å². The van der Waals surface area contributed by atoms with Crippen LogP contribution in [0.25, 0.3) is 0 Å². The minimum absolute atomic E-state index is 0.211. The van der Waals surface area contributed by atoms with Crippen LogP contribution >= 0.6 is 0 Å². The summed E-state index contributed by atoms with van der Waals surface area (Å²) in [7, 11) is 0. The highest BCUT2D eigenvalue weighted by Gasteiger charge is 2.34. The van der Waals surface area contributed by atoms with Gasteiger partial charge in [0.1, 0.15) is 0 Å². The van der Waals surface area contributed by atoms with E-state index in [2.05, 4.69) is 0 Å². The average molecular weight is 644 g/mol. The van der Waals surface area contributed by atoms with Crippen molar-refractivity contribution in [3.63, 3.8) is 0 Å². The van der Waals surface area contributed by atoms with Crippen LogP contribution in [0.5, 0.6) is 0 Å². The van der Waals surface area contributed by atoms with Crippen LogP contribution in [0.4, 0.5) is 0 Å². The smallest absolute Gasteiger partial charge is 0.308 e. The molecule has 1 aliphatic rings. The Bertz CT molecular complexity index is 898. The number of nitrogens with zero attached hydrogens (tertiary/aromatic N) is 1. The molecule has 14 heteroatoms. The van der Waals surface area contributed by atoms with Gasteiger partial charge in [0, 0.05) is 0 Å². The Morgan fingerprint density at radius 1 is 0.511 bits per heavy atom. The summed E-state index contributed by atoms with van der Waals surface area (Å²) in [5.74, 6) is -0.819. The van der Waals surface area contributed by atoms with Crippen LogP contribution in [0.1, 0.15) is 34.1 Å². The van der Waals surface area contributed by atoms with Gasteiger partial charge in [-0.15, -0.1) is 0 Å². The maximum atomic E-state index is 12.3. The molecule has 0 aliphatic carbocycles. The highest BCUT2D eigenvalue weighted by Crippen LogP contribution is 2.21. The van der Waals surface area contributed by atoms with Gasteiger partial charge in [0.2, 0.25) is 0 Å². The number of benzene rings is 1. The molecule has 2 rings (SSSR count). The van der Waals surface area contributed by atoms with Crippen LogP contribution in [0.2, 0.25) is 0 Å². The van der Waals surface area contributed by atoms with Crippen molar-refractivity contribution in [2.45, 2.75) is 13.3 Å². The minimum Gasteiger partial charge on any atom is -0.466 e. The molecule has 0 unspecified atom stereocenters. The van der Waals surface area contributed by atoms with E-state index in [1.165, 1.54) is 4.90 Å². The summed E-state index contributed by atoms with van der Waals surface area (Å²) in [6, 6.07) is 6.81. The highest BCUT2D eigenvalue weighted by atomic mass is 16.6. The molecule has 1 aromatic carbocycles. The Hall–Kier alpha value is -2.53. The Labute approximate surface area is 265 Å². The number of amides is 2. The number of esters is 1. The Kier molecular flexibility index (Phi) is 22.9. The molecule has 256 valence electrons. The number of imide groups is 1. The van der Waals surface area contributed by atoms with Gasteiger partial charge in [-0.3, -0.25) is 19.3 Å². The second kappa shape index (κ2) is 26.7. The van der Waals surface area contributed by atoms with E-state index in [9.17, 15) is 14.4 Å². The number of fused-ring (bicyclic) bond motifs is 1. The molecule has 1 aromatic rings. The van der Waals surface area contributed by atoms with Gasteiger partial charge in [-0.05, 0) is 19.1 Å². The normalized spacial score (nSPS) is 12.7. The summed E-state index contributed by atoms with van der Waals surface area (Å²) < 4.78 is 53.7. The second-order valence-corrected chi connectivity index (χ2v) is 9.37. The van der Waals surface area contributed by atoms with Gasteiger partial charge in [-0.25, -0.2) is 0 Å². The number of carbonyl (C=O) groups is 3. The first-order chi connectivity index (χ1) is 22.1. The summed E-state index contributed by atoms with van der Waals surface area (Å²) in [5.41, 5.74) is 0.878. The molecular weight excluding hydrogens is 594 g/mol. The molecule has 0 atom stereocenters. The largest absolute Gasteiger partial charge is 0.466 e. The molecule has 0 spiro atoms. The molecule has 0 saturated heterocycles. The van der Waals surface area contributed by atoms with Crippen molar-refractivity contribution in [2.24, 2.45) is 0 Å². The maximum absolute atomic E-state index is 12.3. The first kappa shape index (κ1) is 38.7. The summed E-state index contributed by atoms with van der Waals surface area (Å²) in [6.45, 7) is 10.1. The highest BCUT2D eigenvalue weighted by molar-refractivity contribution is 6.21. The first-order valence-electron chi connectivity index (χ1n) is 15.5. The fourth-order valence-corrected chi connectivity index (χ4v) is 3.85. The maximum Gasteiger partial charge on any atom is 0.308 e. The molecule has 0 saturated carbocycles. The van der Waals surface area contributed by atoms with Gasteiger partial charge >= 0.3 is 5.97 Å². The predicted molar refractivity (Wildman–Crippen MR) is 160 cm³/mol. The summed E-state index contributed by atoms with van der Waals surface area (Å²) in [6.07, 6.45) is 0.249. The SMILES string of the molecule is CCOC(=O)CCOCCOCCOCCOCCOCCOCCOCCOCCOCCN1C(=O)c2ccccc2C1=O. The summed E-state index contributed by atoms with van der Waals surface area (Å²) in [5, 5.41) is 0. The lowest BCUT2D eigenvalue weighted by Gasteiger charge is -2.13. The van der Waals surface area contributed by atoms with E-state index >= 15 is 0 Å². The topological polar surface area (TPSA) is 147 Å². The minimum atomic E-state index is -0.281. The van der Waals surface area contributed by atoms with Crippen molar-refractivity contribution in [1.82, 2.24) is 4.90 Å². The van der Waals surface area contributed by atoms with Crippen LogP contribution < -0.4 is 0 Å². The van der Waals surface area contributed by atoms with Crippen molar-refractivity contribution in [3.05, 3.63) is 35.4 Å². The predicted octanol–water partition coefficient (Wildman–Crippen LogP) is 1.39. The monoisotopic (exact) mass is 643 g/mol. The van der Waals surface area contributed by atoms with Crippen molar-refractivity contribution < 1.29 is 61.8 Å². The zero-order chi connectivity index (χ0) is 32.2. The standard InChI is InChI=1S/C31H49NO13/c1-2-45-29(33)7-9-36-11-13-38-15-17-40-19-21-42-23-25-44-26-24-43-22-20-41-18-16-39-14-12-37-10-8-32-30(34)27-5-3-4-6-28(27)31(32)35/h3-6H,2,7-26H2,1H3. The zero-order valence-electron chi connectivity index (χ0n) is 26.4. The van der Waals surface area contributed by atoms with Crippen molar-refractivity contribution in [3.8, 4) is 0 Å². The van der Waals surface area contributed by atoms with Crippen molar-refractivity contribution in [2.75, 3.05) is 132 Å². The van der Waals surface area contributed by atoms with E-state index in [4.69, 9.17) is 47.4 Å². The van der Waals surface area contributed by atoms with E-state index < -0.39 is 0 Å². The molecule has 0 N–H and O–H groups in total. The van der Waals surface area contributed by atoms with Crippen molar-refractivity contribution in [1.29, 1.82) is 0 Å². The Balaban J connectivity index is 1.20. The van der Waals surface area contributed by atoms with Gasteiger partial charge in [-0.1, -0.05) is 12.1 Å². The number of carbonyl (C=O) groups excluding carboxylic acids is 3. The molecule has 1 heterocycles. The lowest BCUT2D eigenvalue weighted by molar-refractivity contribution is -0.144. The third-order valence-electron chi connectivity index (χ3n) is 6.07. The third-order valence-corrected chi connectivity index (χ3v) is 6.07. The zero-order valence-corrected chi connectivity index (χ0v) is 26.4. The van der Waals surface area contributed by atoms with E-state index in [0.29, 0.717) is 130 Å². The van der Waals surface area contributed by atoms with Crippen LogP contribution in [-0.4, -0.2) is 155 Å². The van der Waals surface area contributed by atoms with Gasteiger partial charge < -0.3 is 47.4 Å². The average Bonchev–Trinajstić information content (AvgIpc) is 3.29. The lowest BCUT2D eigenvalue weighted by atomic mass is 10.1. The molecule has 45 heavy (non-hydrogen) atoms. The Morgan fingerprint density at radius 2 is 0.822 bits per heavy atom. The second-order valence-electron chi connectivity index (χ2n) is 9.37. The van der Waals surface area contributed by atoms with Gasteiger partial charge in [0.05, 0.1) is 150 Å². The molecule has 0 aromatic heterocycles.